The minimum atomic E-state index is 0.888. The van der Waals surface area contributed by atoms with Crippen molar-refractivity contribution in [2.24, 2.45) is 0 Å². The van der Waals surface area contributed by atoms with Gasteiger partial charge in [0.05, 0.1) is 7.11 Å². The molecule has 0 unspecified atom stereocenters. The number of benzene rings is 3. The van der Waals surface area contributed by atoms with Crippen molar-refractivity contribution in [1.82, 2.24) is 4.98 Å². The zero-order valence-electron chi connectivity index (χ0n) is 15.4. The van der Waals surface area contributed by atoms with E-state index in [2.05, 4.69) is 76.7 Å². The van der Waals surface area contributed by atoms with Crippen LogP contribution in [-0.4, -0.2) is 18.6 Å². The molecule has 3 aromatic carbocycles. The molecule has 0 amide bonds. The normalized spacial score (nSPS) is 13.6. The molecule has 1 aliphatic heterocycles. The van der Waals surface area contributed by atoms with Gasteiger partial charge in [-0.1, -0.05) is 36.4 Å². The van der Waals surface area contributed by atoms with Crippen molar-refractivity contribution >= 4 is 16.6 Å². The van der Waals surface area contributed by atoms with Crippen LogP contribution in [0.25, 0.3) is 22.0 Å². The first-order chi connectivity index (χ1) is 13.3. The van der Waals surface area contributed by atoms with Gasteiger partial charge in [0.1, 0.15) is 5.75 Å². The number of nitrogens with zero attached hydrogens (tertiary/aromatic N) is 1. The molecule has 0 saturated heterocycles. The summed E-state index contributed by atoms with van der Waals surface area (Å²) in [6.07, 6.45) is 3.20. The lowest BCUT2D eigenvalue weighted by molar-refractivity contribution is 0.415. The van der Waals surface area contributed by atoms with Crippen LogP contribution in [0.2, 0.25) is 0 Å². The molecule has 3 heteroatoms. The summed E-state index contributed by atoms with van der Waals surface area (Å²) in [6.45, 7) is 1.99. The Bertz CT molecular complexity index is 1100. The third kappa shape index (κ3) is 2.76. The summed E-state index contributed by atoms with van der Waals surface area (Å²) in [7, 11) is 1.72. The molecule has 1 aromatic heterocycles. The fraction of sp³-hybridized carbons (Fsp3) is 0.167. The van der Waals surface area contributed by atoms with Crippen LogP contribution in [0.5, 0.6) is 5.75 Å². The lowest BCUT2D eigenvalue weighted by Crippen LogP contribution is -2.30. The maximum atomic E-state index is 5.45. The van der Waals surface area contributed by atoms with Crippen molar-refractivity contribution in [3.63, 3.8) is 0 Å². The second-order valence-electron chi connectivity index (χ2n) is 7.06. The standard InChI is InChI=1S/C24H22N2O/c1-27-19-10-11-24-21(14-19)22(15-25-24)20-9-5-6-17-12-13-26(16-23(17)20)18-7-3-2-4-8-18/h2-11,14-15,25H,12-13,16H2,1H3. The van der Waals surface area contributed by atoms with Crippen LogP contribution in [0, 0.1) is 0 Å². The monoisotopic (exact) mass is 354 g/mol. The van der Waals surface area contributed by atoms with Crippen LogP contribution in [0.3, 0.4) is 0 Å². The SMILES string of the molecule is COc1ccc2[nH]cc(-c3cccc4c3CN(c3ccccc3)CC4)c2c1. The highest BCUT2D eigenvalue weighted by Gasteiger charge is 2.21. The molecule has 4 aromatic rings. The number of ether oxygens (including phenoxy) is 1. The first-order valence-electron chi connectivity index (χ1n) is 9.40. The van der Waals surface area contributed by atoms with E-state index in [-0.39, 0.29) is 0 Å². The zero-order valence-corrected chi connectivity index (χ0v) is 15.4. The van der Waals surface area contributed by atoms with Crippen molar-refractivity contribution in [1.29, 1.82) is 0 Å². The van der Waals surface area contributed by atoms with E-state index in [4.69, 9.17) is 4.74 Å². The van der Waals surface area contributed by atoms with Crippen molar-refractivity contribution in [2.45, 2.75) is 13.0 Å². The largest absolute Gasteiger partial charge is 0.497 e. The van der Waals surface area contributed by atoms with E-state index in [0.717, 1.165) is 30.8 Å². The Hall–Kier alpha value is -3.20. The quantitative estimate of drug-likeness (QED) is 0.533. The van der Waals surface area contributed by atoms with E-state index in [1.54, 1.807) is 7.11 Å². The summed E-state index contributed by atoms with van der Waals surface area (Å²) >= 11 is 0. The summed E-state index contributed by atoms with van der Waals surface area (Å²) in [5, 5.41) is 1.21. The van der Waals surface area contributed by atoms with Crippen molar-refractivity contribution in [3.05, 3.63) is 84.1 Å². The number of anilines is 1. The van der Waals surface area contributed by atoms with Crippen molar-refractivity contribution in [3.8, 4) is 16.9 Å². The number of fused-ring (bicyclic) bond motifs is 2. The zero-order chi connectivity index (χ0) is 18.2. The van der Waals surface area contributed by atoms with Gasteiger partial charge in [-0.2, -0.15) is 0 Å². The third-order valence-electron chi connectivity index (χ3n) is 5.57. The van der Waals surface area contributed by atoms with Gasteiger partial charge in [0.25, 0.3) is 0 Å². The van der Waals surface area contributed by atoms with E-state index in [1.165, 1.54) is 33.3 Å². The van der Waals surface area contributed by atoms with Crippen molar-refractivity contribution in [2.75, 3.05) is 18.6 Å². The van der Waals surface area contributed by atoms with Gasteiger partial charge >= 0.3 is 0 Å². The molecule has 0 bridgehead atoms. The average Bonchev–Trinajstić information content (AvgIpc) is 3.16. The molecule has 27 heavy (non-hydrogen) atoms. The number of rotatable bonds is 3. The second kappa shape index (κ2) is 6.51. The molecule has 0 atom stereocenters. The van der Waals surface area contributed by atoms with Crippen LogP contribution < -0.4 is 9.64 Å². The first-order valence-corrected chi connectivity index (χ1v) is 9.40. The molecule has 2 heterocycles. The van der Waals surface area contributed by atoms with E-state index in [0.29, 0.717) is 0 Å². The van der Waals surface area contributed by atoms with E-state index in [9.17, 15) is 0 Å². The van der Waals surface area contributed by atoms with Gasteiger partial charge in [-0.05, 0) is 53.4 Å². The molecule has 1 aliphatic rings. The van der Waals surface area contributed by atoms with E-state index in [1.807, 2.05) is 6.07 Å². The smallest absolute Gasteiger partial charge is 0.119 e. The molecule has 5 rings (SSSR count). The lowest BCUT2D eigenvalue weighted by Gasteiger charge is -2.32. The van der Waals surface area contributed by atoms with Crippen LogP contribution >= 0.6 is 0 Å². The van der Waals surface area contributed by atoms with E-state index < -0.39 is 0 Å². The summed E-state index contributed by atoms with van der Waals surface area (Å²) < 4.78 is 5.45. The van der Waals surface area contributed by atoms with Gasteiger partial charge in [-0.25, -0.2) is 0 Å². The Kier molecular flexibility index (Phi) is 3.86. The van der Waals surface area contributed by atoms with Gasteiger partial charge in [0, 0.05) is 41.4 Å². The summed E-state index contributed by atoms with van der Waals surface area (Å²) in [4.78, 5) is 5.89. The van der Waals surface area contributed by atoms with Crippen LogP contribution in [-0.2, 0) is 13.0 Å². The molecule has 0 spiro atoms. The molecule has 0 aliphatic carbocycles. The van der Waals surface area contributed by atoms with Gasteiger partial charge in [0.2, 0.25) is 0 Å². The number of para-hydroxylation sites is 1. The lowest BCUT2D eigenvalue weighted by atomic mass is 9.90. The minimum Gasteiger partial charge on any atom is -0.497 e. The predicted molar refractivity (Wildman–Crippen MR) is 111 cm³/mol. The molecule has 0 radical (unpaired) electrons. The highest BCUT2D eigenvalue weighted by Crippen LogP contribution is 2.37. The second-order valence-corrected chi connectivity index (χ2v) is 7.06. The minimum absolute atomic E-state index is 0.888. The van der Waals surface area contributed by atoms with Gasteiger partial charge in [-0.3, -0.25) is 0 Å². The number of hydrogen-bond acceptors (Lipinski definition) is 2. The maximum Gasteiger partial charge on any atom is 0.119 e. The Balaban J connectivity index is 1.62. The Labute approximate surface area is 159 Å². The number of nitrogens with one attached hydrogen (secondary N) is 1. The number of H-pyrrole nitrogens is 1. The highest BCUT2D eigenvalue weighted by atomic mass is 16.5. The summed E-state index contributed by atoms with van der Waals surface area (Å²) in [6, 6.07) is 23.6. The molecule has 1 N–H and O–H groups in total. The topological polar surface area (TPSA) is 28.3 Å². The van der Waals surface area contributed by atoms with Crippen LogP contribution in [0.1, 0.15) is 11.1 Å². The van der Waals surface area contributed by atoms with Crippen LogP contribution in [0.4, 0.5) is 5.69 Å². The molecule has 0 saturated carbocycles. The molecule has 134 valence electrons. The maximum absolute atomic E-state index is 5.45. The van der Waals surface area contributed by atoms with Gasteiger partial charge in [0.15, 0.2) is 0 Å². The number of methoxy groups -OCH3 is 1. The van der Waals surface area contributed by atoms with E-state index >= 15 is 0 Å². The molecular weight excluding hydrogens is 332 g/mol. The third-order valence-corrected chi connectivity index (χ3v) is 5.57. The first kappa shape index (κ1) is 16.0. The molecular formula is C24H22N2O. The number of aromatic nitrogens is 1. The van der Waals surface area contributed by atoms with Gasteiger partial charge < -0.3 is 14.6 Å². The average molecular weight is 354 g/mol. The van der Waals surface area contributed by atoms with Crippen LogP contribution in [0.15, 0.2) is 72.9 Å². The fourth-order valence-corrected chi connectivity index (χ4v) is 4.14. The summed E-state index contributed by atoms with van der Waals surface area (Å²) in [5.41, 5.74) is 7.87. The van der Waals surface area contributed by atoms with Gasteiger partial charge in [-0.15, -0.1) is 0 Å². The molecule has 3 nitrogen and oxygen atoms in total. The summed E-state index contributed by atoms with van der Waals surface area (Å²) in [5.74, 6) is 0.888. The Morgan fingerprint density at radius 1 is 0.926 bits per heavy atom. The number of aromatic amines is 1. The predicted octanol–water partition coefficient (Wildman–Crippen LogP) is 5.41. The Morgan fingerprint density at radius 3 is 2.67 bits per heavy atom. The van der Waals surface area contributed by atoms with Crippen molar-refractivity contribution < 1.29 is 4.74 Å². The highest BCUT2D eigenvalue weighted by molar-refractivity contribution is 5.97. The molecule has 0 fully saturated rings. The Morgan fingerprint density at radius 2 is 1.81 bits per heavy atom. The fourth-order valence-electron chi connectivity index (χ4n) is 4.14. The number of hydrogen-bond donors (Lipinski definition) is 1.